The number of ether oxygens (including phenoxy) is 1. The highest BCUT2D eigenvalue weighted by molar-refractivity contribution is 5.29. The highest BCUT2D eigenvalue weighted by Gasteiger charge is 2.10. The molecule has 2 aromatic rings. The summed E-state index contributed by atoms with van der Waals surface area (Å²) < 4.78 is 19.5. The van der Waals surface area contributed by atoms with E-state index in [-0.39, 0.29) is 23.7 Å². The first-order chi connectivity index (χ1) is 9.94. The smallest absolute Gasteiger partial charge is 0.165 e. The van der Waals surface area contributed by atoms with Crippen molar-refractivity contribution in [2.24, 2.45) is 0 Å². The molecule has 21 heavy (non-hydrogen) atoms. The lowest BCUT2D eigenvalue weighted by molar-refractivity contribution is 0.285. The van der Waals surface area contributed by atoms with Gasteiger partial charge in [0.05, 0.1) is 5.69 Å². The molecule has 4 heteroatoms. The van der Waals surface area contributed by atoms with Crippen LogP contribution in [0.2, 0.25) is 0 Å². The van der Waals surface area contributed by atoms with Crippen molar-refractivity contribution in [2.45, 2.75) is 39.5 Å². The average Bonchev–Trinajstić information content (AvgIpc) is 2.44. The van der Waals surface area contributed by atoms with E-state index in [4.69, 9.17) is 4.74 Å². The van der Waals surface area contributed by atoms with Crippen LogP contribution in [0.1, 0.15) is 32.0 Å². The van der Waals surface area contributed by atoms with Crippen molar-refractivity contribution < 1.29 is 9.13 Å². The van der Waals surface area contributed by atoms with Gasteiger partial charge in [0, 0.05) is 18.3 Å². The normalized spacial score (nSPS) is 11.4. The monoisotopic (exact) mass is 288 g/mol. The summed E-state index contributed by atoms with van der Waals surface area (Å²) in [5.74, 6) is -0.0979. The number of aromatic nitrogens is 1. The quantitative estimate of drug-likeness (QED) is 0.911. The molecule has 0 aliphatic carbocycles. The van der Waals surface area contributed by atoms with Crippen LogP contribution in [0, 0.1) is 5.82 Å². The van der Waals surface area contributed by atoms with Crippen molar-refractivity contribution in [3.8, 4) is 5.75 Å². The zero-order chi connectivity index (χ0) is 15.3. The van der Waals surface area contributed by atoms with Gasteiger partial charge >= 0.3 is 0 Å². The van der Waals surface area contributed by atoms with Crippen LogP contribution in [0.5, 0.6) is 5.75 Å². The van der Waals surface area contributed by atoms with Gasteiger partial charge in [0.25, 0.3) is 0 Å². The summed E-state index contributed by atoms with van der Waals surface area (Å²) in [5.41, 5.74) is 1.67. The fraction of sp³-hybridized carbons (Fsp3) is 0.353. The van der Waals surface area contributed by atoms with Crippen LogP contribution in [-0.4, -0.2) is 10.5 Å². The van der Waals surface area contributed by atoms with Gasteiger partial charge in [-0.1, -0.05) is 12.1 Å². The second kappa shape index (κ2) is 6.68. The minimum atomic E-state index is -0.348. The highest BCUT2D eigenvalue weighted by atomic mass is 19.1. The van der Waals surface area contributed by atoms with E-state index in [0.717, 1.165) is 11.3 Å². The van der Waals surface area contributed by atoms with Gasteiger partial charge in [-0.25, -0.2) is 4.39 Å². The summed E-state index contributed by atoms with van der Waals surface area (Å²) in [5, 5.41) is 3.33. The van der Waals surface area contributed by atoms with E-state index >= 15 is 0 Å². The van der Waals surface area contributed by atoms with Gasteiger partial charge in [-0.15, -0.1) is 0 Å². The summed E-state index contributed by atoms with van der Waals surface area (Å²) in [7, 11) is 0. The van der Waals surface area contributed by atoms with E-state index in [1.165, 1.54) is 6.07 Å². The largest absolute Gasteiger partial charge is 0.484 e. The molecule has 3 nitrogen and oxygen atoms in total. The van der Waals surface area contributed by atoms with Gasteiger partial charge in [0.1, 0.15) is 6.61 Å². The first-order valence-corrected chi connectivity index (χ1v) is 7.00. The Balaban J connectivity index is 1.96. The fourth-order valence-electron chi connectivity index (χ4n) is 1.77. The molecule has 0 amide bonds. The molecular formula is C17H21FN2O. The van der Waals surface area contributed by atoms with Gasteiger partial charge in [0.2, 0.25) is 0 Å². The van der Waals surface area contributed by atoms with Gasteiger partial charge in [-0.3, -0.25) is 4.98 Å². The van der Waals surface area contributed by atoms with Gasteiger partial charge in [-0.2, -0.15) is 0 Å². The Bertz CT molecular complexity index is 579. The third-order valence-electron chi connectivity index (χ3n) is 2.92. The van der Waals surface area contributed by atoms with Crippen LogP contribution >= 0.6 is 0 Å². The molecule has 112 valence electrons. The zero-order valence-electron chi connectivity index (χ0n) is 12.7. The van der Waals surface area contributed by atoms with Crippen LogP contribution in [0.25, 0.3) is 0 Å². The highest BCUT2D eigenvalue weighted by Crippen LogP contribution is 2.19. The van der Waals surface area contributed by atoms with Crippen molar-refractivity contribution in [3.63, 3.8) is 0 Å². The second-order valence-electron chi connectivity index (χ2n) is 5.98. The first kappa shape index (κ1) is 15.4. The van der Waals surface area contributed by atoms with Crippen LogP contribution in [-0.2, 0) is 13.2 Å². The lowest BCUT2D eigenvalue weighted by Crippen LogP contribution is -2.35. The number of nitrogens with one attached hydrogen (secondary N) is 1. The molecule has 0 aliphatic rings. The third-order valence-corrected chi connectivity index (χ3v) is 2.92. The van der Waals surface area contributed by atoms with E-state index < -0.39 is 0 Å². The molecule has 0 spiro atoms. The standard InChI is InChI=1S/C17H21FN2O/c1-17(2,3)20-11-13-7-8-16(15(18)10-13)21-12-14-6-4-5-9-19-14/h4-10,20H,11-12H2,1-3H3. The molecule has 1 N–H and O–H groups in total. The number of nitrogens with zero attached hydrogens (tertiary/aromatic N) is 1. The minimum Gasteiger partial charge on any atom is -0.484 e. The summed E-state index contributed by atoms with van der Waals surface area (Å²) in [6.45, 7) is 7.12. The van der Waals surface area contributed by atoms with Crippen molar-refractivity contribution in [3.05, 3.63) is 59.7 Å². The first-order valence-electron chi connectivity index (χ1n) is 7.00. The van der Waals surface area contributed by atoms with Crippen LogP contribution in [0.15, 0.2) is 42.6 Å². The zero-order valence-corrected chi connectivity index (χ0v) is 12.7. The Kier molecular flexibility index (Phi) is 4.91. The van der Waals surface area contributed by atoms with Crippen LogP contribution in [0.3, 0.4) is 0 Å². The predicted octanol–water partition coefficient (Wildman–Crippen LogP) is 3.69. The average molecular weight is 288 g/mol. The van der Waals surface area contributed by atoms with E-state index in [0.29, 0.717) is 6.54 Å². The Labute approximate surface area is 125 Å². The Morgan fingerprint density at radius 3 is 2.62 bits per heavy atom. The number of benzene rings is 1. The number of halogens is 1. The van der Waals surface area contributed by atoms with E-state index in [1.807, 2.05) is 24.3 Å². The molecule has 0 unspecified atom stereocenters. The van der Waals surface area contributed by atoms with Crippen LogP contribution < -0.4 is 10.1 Å². The number of hydrogen-bond acceptors (Lipinski definition) is 3. The maximum absolute atomic E-state index is 14.0. The molecule has 0 bridgehead atoms. The molecule has 2 rings (SSSR count). The molecule has 1 heterocycles. The Morgan fingerprint density at radius 1 is 1.19 bits per heavy atom. The van der Waals surface area contributed by atoms with Gasteiger partial charge < -0.3 is 10.1 Å². The van der Waals surface area contributed by atoms with Crippen molar-refractivity contribution in [2.75, 3.05) is 0 Å². The molecular weight excluding hydrogens is 267 g/mol. The summed E-state index contributed by atoms with van der Waals surface area (Å²) in [4.78, 5) is 4.14. The molecule has 0 radical (unpaired) electrons. The van der Waals surface area contributed by atoms with Gasteiger partial charge in [-0.05, 0) is 50.6 Å². The molecule has 1 aromatic heterocycles. The third kappa shape index (κ3) is 5.16. The molecule has 0 atom stereocenters. The fourth-order valence-corrected chi connectivity index (χ4v) is 1.77. The van der Waals surface area contributed by atoms with Crippen molar-refractivity contribution in [1.82, 2.24) is 10.3 Å². The molecule has 0 saturated heterocycles. The number of pyridine rings is 1. The molecule has 1 aromatic carbocycles. The summed E-state index contributed by atoms with van der Waals surface area (Å²) in [6, 6.07) is 10.6. The molecule has 0 aliphatic heterocycles. The van der Waals surface area contributed by atoms with Gasteiger partial charge in [0.15, 0.2) is 11.6 Å². The Morgan fingerprint density at radius 2 is 2.00 bits per heavy atom. The maximum atomic E-state index is 14.0. The van der Waals surface area contributed by atoms with E-state index in [2.05, 4.69) is 31.1 Å². The molecule has 0 fully saturated rings. The summed E-state index contributed by atoms with van der Waals surface area (Å²) >= 11 is 0. The lowest BCUT2D eigenvalue weighted by Gasteiger charge is -2.20. The topological polar surface area (TPSA) is 34.1 Å². The predicted molar refractivity (Wildman–Crippen MR) is 81.6 cm³/mol. The number of rotatable bonds is 5. The summed E-state index contributed by atoms with van der Waals surface area (Å²) in [6.07, 6.45) is 1.69. The van der Waals surface area contributed by atoms with E-state index in [9.17, 15) is 4.39 Å². The van der Waals surface area contributed by atoms with E-state index in [1.54, 1.807) is 12.3 Å². The lowest BCUT2D eigenvalue weighted by atomic mass is 10.1. The molecule has 0 saturated carbocycles. The maximum Gasteiger partial charge on any atom is 0.165 e. The number of hydrogen-bond donors (Lipinski definition) is 1. The SMILES string of the molecule is CC(C)(C)NCc1ccc(OCc2ccccn2)c(F)c1. The van der Waals surface area contributed by atoms with Crippen molar-refractivity contribution in [1.29, 1.82) is 0 Å². The Hall–Kier alpha value is -1.94. The minimum absolute atomic E-state index is 0.00459. The second-order valence-corrected chi connectivity index (χ2v) is 5.98. The van der Waals surface area contributed by atoms with Crippen LogP contribution in [0.4, 0.5) is 4.39 Å². The van der Waals surface area contributed by atoms with Crippen molar-refractivity contribution >= 4 is 0 Å².